The molecule has 2 aliphatic heterocycles. The minimum atomic E-state index is 0.124. The Labute approximate surface area is 146 Å². The van der Waals surface area contributed by atoms with Gasteiger partial charge in [0.1, 0.15) is 0 Å². The fourth-order valence-electron chi connectivity index (χ4n) is 4.15. The fourth-order valence-corrected chi connectivity index (χ4v) is 4.19. The molecule has 124 valence electrons. The largest absolute Gasteiger partial charge is 0.375 e. The van der Waals surface area contributed by atoms with Gasteiger partial charge >= 0.3 is 0 Å². The monoisotopic (exact) mass is 340 g/mol. The van der Waals surface area contributed by atoms with Crippen LogP contribution in [0, 0.1) is 0 Å². The predicted octanol–water partition coefficient (Wildman–Crippen LogP) is 2.19. The quantitative estimate of drug-likeness (QED) is 0.606. The minimum absolute atomic E-state index is 0.124. The highest BCUT2D eigenvalue weighted by Gasteiger charge is 2.39. The van der Waals surface area contributed by atoms with Crippen molar-refractivity contribution in [2.75, 3.05) is 6.54 Å². The van der Waals surface area contributed by atoms with Crippen LogP contribution < -0.4 is 11.2 Å². The summed E-state index contributed by atoms with van der Waals surface area (Å²) in [4.78, 5) is 15.0. The van der Waals surface area contributed by atoms with Crippen LogP contribution in [-0.4, -0.2) is 28.1 Å². The topological polar surface area (TPSA) is 70.7 Å². The number of allylic oxidation sites excluding steroid dienone is 2. The Morgan fingerprint density at radius 3 is 2.96 bits per heavy atom. The number of nitrogens with one attached hydrogen (secondary N) is 1. The van der Waals surface area contributed by atoms with Gasteiger partial charge in [-0.25, -0.2) is 0 Å². The minimum Gasteiger partial charge on any atom is -0.375 e. The fraction of sp³-hybridized carbons (Fsp3) is 0.389. The highest BCUT2D eigenvalue weighted by Crippen LogP contribution is 2.43. The maximum Gasteiger partial charge on any atom is 0.184 e. The highest BCUT2D eigenvalue weighted by atomic mass is 32.1. The number of hydrogen-bond acceptors (Lipinski definition) is 4. The Bertz CT molecular complexity index is 783. The normalized spacial score (nSPS) is 24.3. The summed E-state index contributed by atoms with van der Waals surface area (Å²) in [7, 11) is 0. The van der Waals surface area contributed by atoms with Gasteiger partial charge in [-0.15, -0.1) is 0 Å². The van der Waals surface area contributed by atoms with Crippen LogP contribution >= 0.6 is 12.2 Å². The second kappa shape index (κ2) is 6.02. The number of nitrogens with two attached hydrogens (primary N) is 1. The maximum atomic E-state index is 12.5. The van der Waals surface area contributed by atoms with Crippen molar-refractivity contribution in [1.29, 1.82) is 0 Å². The number of thiocarbonyl (C=S) groups is 1. The molecule has 3 N–H and O–H groups in total. The lowest BCUT2D eigenvalue weighted by molar-refractivity contribution is -0.115. The maximum absolute atomic E-state index is 12.5. The molecule has 1 aliphatic carbocycles. The number of carbonyl (C=O) groups excluding carboxylic acids is 1. The first-order valence-electron chi connectivity index (χ1n) is 8.38. The summed E-state index contributed by atoms with van der Waals surface area (Å²) in [5.41, 5.74) is 13.7. The number of hydrazone groups is 1. The van der Waals surface area contributed by atoms with Crippen molar-refractivity contribution in [3.8, 4) is 0 Å². The highest BCUT2D eigenvalue weighted by molar-refractivity contribution is 7.80. The molecule has 0 bridgehead atoms. The van der Waals surface area contributed by atoms with E-state index in [1.807, 2.05) is 0 Å². The summed E-state index contributed by atoms with van der Waals surface area (Å²) in [5.74, 6) is 0.192. The Morgan fingerprint density at radius 1 is 1.29 bits per heavy atom. The van der Waals surface area contributed by atoms with Crippen molar-refractivity contribution in [2.24, 2.45) is 10.8 Å². The summed E-state index contributed by atoms with van der Waals surface area (Å²) < 4.78 is 0. The summed E-state index contributed by atoms with van der Waals surface area (Å²) in [6.07, 6.45) is 4.18. The molecule has 5 nitrogen and oxygen atoms in total. The number of ketones is 1. The molecule has 0 aromatic heterocycles. The van der Waals surface area contributed by atoms with Crippen molar-refractivity contribution < 1.29 is 4.79 Å². The van der Waals surface area contributed by atoms with E-state index in [1.54, 1.807) is 0 Å². The molecular formula is C18H20N4OS. The molecule has 4 rings (SSSR count). The molecule has 0 unspecified atom stereocenters. The Kier molecular flexibility index (Phi) is 3.84. The standard InChI is InChI=1S/C18H20N4OS/c19-18(24)21-20-13-10-15-12-5-2-1-4-11(12)8-9-22(15)14-6-3-7-16(23)17(13)14/h1-2,4-5,15H,3,6-10H2,(H3,19,21,24)/t15-/m1/s1. The zero-order valence-corrected chi connectivity index (χ0v) is 14.2. The second-order valence-electron chi connectivity index (χ2n) is 6.50. The third kappa shape index (κ3) is 2.51. The van der Waals surface area contributed by atoms with E-state index in [1.165, 1.54) is 11.1 Å². The number of carbonyl (C=O) groups is 1. The van der Waals surface area contributed by atoms with Gasteiger partial charge in [-0.2, -0.15) is 5.10 Å². The third-order valence-electron chi connectivity index (χ3n) is 5.12. The summed E-state index contributed by atoms with van der Waals surface area (Å²) in [6, 6.07) is 8.82. The van der Waals surface area contributed by atoms with Gasteiger partial charge in [-0.3, -0.25) is 10.2 Å². The molecule has 6 heteroatoms. The van der Waals surface area contributed by atoms with E-state index in [4.69, 9.17) is 18.0 Å². The first kappa shape index (κ1) is 15.3. The van der Waals surface area contributed by atoms with Crippen molar-refractivity contribution >= 4 is 28.8 Å². The van der Waals surface area contributed by atoms with Crippen LogP contribution in [0.4, 0.5) is 0 Å². The lowest BCUT2D eigenvalue weighted by Gasteiger charge is -2.45. The summed E-state index contributed by atoms with van der Waals surface area (Å²) in [5, 5.41) is 4.50. The molecule has 0 amide bonds. The number of rotatable bonds is 1. The molecule has 1 aromatic rings. The van der Waals surface area contributed by atoms with Crippen molar-refractivity contribution in [2.45, 2.75) is 38.1 Å². The van der Waals surface area contributed by atoms with E-state index in [9.17, 15) is 4.79 Å². The summed E-state index contributed by atoms with van der Waals surface area (Å²) >= 11 is 4.87. The average molecular weight is 340 g/mol. The Morgan fingerprint density at radius 2 is 2.12 bits per heavy atom. The molecular weight excluding hydrogens is 320 g/mol. The molecule has 1 atom stereocenters. The van der Waals surface area contributed by atoms with E-state index in [2.05, 4.69) is 39.7 Å². The van der Waals surface area contributed by atoms with E-state index in [0.29, 0.717) is 12.8 Å². The van der Waals surface area contributed by atoms with Gasteiger partial charge in [0, 0.05) is 25.1 Å². The van der Waals surface area contributed by atoms with Crippen LogP contribution in [-0.2, 0) is 11.2 Å². The van der Waals surface area contributed by atoms with Crippen LogP contribution in [0.15, 0.2) is 40.6 Å². The van der Waals surface area contributed by atoms with Gasteiger partial charge in [0.05, 0.1) is 17.3 Å². The van der Waals surface area contributed by atoms with Gasteiger partial charge in [-0.05, 0) is 42.6 Å². The molecule has 0 saturated heterocycles. The van der Waals surface area contributed by atoms with Gasteiger partial charge in [0.25, 0.3) is 0 Å². The second-order valence-corrected chi connectivity index (χ2v) is 6.93. The van der Waals surface area contributed by atoms with Crippen LogP contribution in [0.25, 0.3) is 0 Å². The van der Waals surface area contributed by atoms with Gasteiger partial charge < -0.3 is 10.6 Å². The lowest BCUT2D eigenvalue weighted by Crippen LogP contribution is -2.43. The Hall–Kier alpha value is -2.21. The van der Waals surface area contributed by atoms with Gasteiger partial charge in [0.2, 0.25) is 0 Å². The van der Waals surface area contributed by atoms with Crippen molar-refractivity contribution in [1.82, 2.24) is 10.3 Å². The van der Waals surface area contributed by atoms with Crippen molar-refractivity contribution in [3.05, 3.63) is 46.7 Å². The molecule has 0 spiro atoms. The van der Waals surface area contributed by atoms with Crippen LogP contribution in [0.3, 0.4) is 0 Å². The van der Waals surface area contributed by atoms with E-state index in [0.717, 1.165) is 42.8 Å². The molecule has 0 fully saturated rings. The smallest absolute Gasteiger partial charge is 0.184 e. The number of nitrogens with zero attached hydrogens (tertiary/aromatic N) is 2. The average Bonchev–Trinajstić information content (AvgIpc) is 2.59. The van der Waals surface area contributed by atoms with Crippen molar-refractivity contribution in [3.63, 3.8) is 0 Å². The third-order valence-corrected chi connectivity index (χ3v) is 5.21. The van der Waals surface area contributed by atoms with Gasteiger partial charge in [0.15, 0.2) is 10.9 Å². The first-order chi connectivity index (χ1) is 11.6. The number of benzene rings is 1. The molecule has 1 aromatic carbocycles. The predicted molar refractivity (Wildman–Crippen MR) is 97.5 cm³/mol. The van der Waals surface area contributed by atoms with Crippen LogP contribution in [0.2, 0.25) is 0 Å². The summed E-state index contributed by atoms with van der Waals surface area (Å²) in [6.45, 7) is 0.962. The zero-order valence-electron chi connectivity index (χ0n) is 13.4. The molecule has 2 heterocycles. The SMILES string of the molecule is NC(=S)NN=C1C[C@@H]2c3ccccc3CCN2C2=C1C(=O)CCC2. The lowest BCUT2D eigenvalue weighted by atomic mass is 9.79. The number of fused-ring (bicyclic) bond motifs is 4. The Balaban J connectivity index is 1.81. The van der Waals surface area contributed by atoms with E-state index < -0.39 is 0 Å². The van der Waals surface area contributed by atoms with E-state index >= 15 is 0 Å². The van der Waals surface area contributed by atoms with Crippen LogP contribution in [0.5, 0.6) is 0 Å². The van der Waals surface area contributed by atoms with Crippen LogP contribution in [0.1, 0.15) is 42.9 Å². The number of hydrogen-bond donors (Lipinski definition) is 2. The molecule has 0 radical (unpaired) electrons. The number of Topliss-reactive ketones (excluding diaryl/α,β-unsaturated/α-hetero) is 1. The van der Waals surface area contributed by atoms with Gasteiger partial charge in [-0.1, -0.05) is 24.3 Å². The zero-order chi connectivity index (χ0) is 16.7. The van der Waals surface area contributed by atoms with E-state index in [-0.39, 0.29) is 16.9 Å². The molecule has 3 aliphatic rings. The molecule has 24 heavy (non-hydrogen) atoms. The molecule has 0 saturated carbocycles. The first-order valence-corrected chi connectivity index (χ1v) is 8.79.